The summed E-state index contributed by atoms with van der Waals surface area (Å²) in [6, 6.07) is 8.59. The number of nitrogens with two attached hydrogens (primary N) is 1. The molecule has 1 heterocycles. The summed E-state index contributed by atoms with van der Waals surface area (Å²) in [5.74, 6) is 5.79. The van der Waals surface area contributed by atoms with Gasteiger partial charge in [0, 0.05) is 23.1 Å². The fourth-order valence-corrected chi connectivity index (χ4v) is 3.28. The van der Waals surface area contributed by atoms with Gasteiger partial charge in [0.2, 0.25) is 0 Å². The first kappa shape index (κ1) is 16.2. The van der Waals surface area contributed by atoms with E-state index in [1.165, 1.54) is 16.8 Å². The molecule has 1 aromatic heterocycles. The summed E-state index contributed by atoms with van der Waals surface area (Å²) in [5, 5.41) is 4.60. The van der Waals surface area contributed by atoms with Crippen LogP contribution in [-0.4, -0.2) is 9.78 Å². The second-order valence-corrected chi connectivity index (χ2v) is 6.10. The molecule has 1 aromatic carbocycles. The van der Waals surface area contributed by atoms with Gasteiger partial charge in [-0.2, -0.15) is 5.10 Å². The highest BCUT2D eigenvalue weighted by Crippen LogP contribution is 2.27. The molecule has 0 amide bonds. The van der Waals surface area contributed by atoms with Gasteiger partial charge in [0.25, 0.3) is 0 Å². The van der Waals surface area contributed by atoms with E-state index < -0.39 is 0 Å². The summed E-state index contributed by atoms with van der Waals surface area (Å²) in [6.07, 6.45) is 1.77. The van der Waals surface area contributed by atoms with Gasteiger partial charge < -0.3 is 0 Å². The molecule has 0 saturated carbocycles. The number of aryl methyl sites for hydroxylation is 3. The van der Waals surface area contributed by atoms with Gasteiger partial charge in [0.05, 0.1) is 11.7 Å². The first-order valence-electron chi connectivity index (χ1n) is 7.36. The Balaban J connectivity index is 2.28. The zero-order valence-electron chi connectivity index (χ0n) is 12.9. The minimum Gasteiger partial charge on any atom is -0.271 e. The van der Waals surface area contributed by atoms with E-state index in [4.69, 9.17) is 5.84 Å². The molecule has 114 valence electrons. The summed E-state index contributed by atoms with van der Waals surface area (Å²) in [6.45, 7) is 7.20. The first-order valence-corrected chi connectivity index (χ1v) is 8.16. The van der Waals surface area contributed by atoms with E-state index in [2.05, 4.69) is 76.2 Å². The van der Waals surface area contributed by atoms with Crippen molar-refractivity contribution in [2.45, 2.75) is 46.2 Å². The predicted molar refractivity (Wildman–Crippen MR) is 89.9 cm³/mol. The lowest BCUT2D eigenvalue weighted by Gasteiger charge is -2.18. The number of hydrazine groups is 1. The van der Waals surface area contributed by atoms with Crippen LogP contribution in [0.4, 0.5) is 0 Å². The molecule has 21 heavy (non-hydrogen) atoms. The van der Waals surface area contributed by atoms with E-state index in [1.54, 1.807) is 0 Å². The van der Waals surface area contributed by atoms with Crippen molar-refractivity contribution in [1.29, 1.82) is 0 Å². The van der Waals surface area contributed by atoms with Crippen LogP contribution < -0.4 is 11.3 Å². The number of nitrogens with zero attached hydrogens (tertiary/aromatic N) is 2. The Morgan fingerprint density at radius 2 is 2.10 bits per heavy atom. The molecule has 1 unspecified atom stereocenters. The number of aromatic nitrogens is 2. The van der Waals surface area contributed by atoms with Crippen LogP contribution in [0.25, 0.3) is 0 Å². The van der Waals surface area contributed by atoms with E-state index in [9.17, 15) is 0 Å². The number of halogens is 1. The van der Waals surface area contributed by atoms with E-state index in [0.717, 1.165) is 29.6 Å². The molecule has 2 rings (SSSR count). The zero-order chi connectivity index (χ0) is 15.4. The van der Waals surface area contributed by atoms with Crippen LogP contribution in [0.3, 0.4) is 0 Å². The van der Waals surface area contributed by atoms with Crippen molar-refractivity contribution in [1.82, 2.24) is 15.2 Å². The van der Waals surface area contributed by atoms with Gasteiger partial charge in [-0.15, -0.1) is 0 Å². The Labute approximate surface area is 134 Å². The van der Waals surface area contributed by atoms with Crippen LogP contribution in [0.2, 0.25) is 0 Å². The second kappa shape index (κ2) is 7.20. The van der Waals surface area contributed by atoms with Gasteiger partial charge in [-0.25, -0.2) is 0 Å². The van der Waals surface area contributed by atoms with Crippen molar-refractivity contribution in [3.8, 4) is 0 Å². The third-order valence-corrected chi connectivity index (χ3v) is 4.41. The average Bonchev–Trinajstić information content (AvgIpc) is 2.87. The second-order valence-electron chi connectivity index (χ2n) is 5.24. The summed E-state index contributed by atoms with van der Waals surface area (Å²) < 4.78 is 3.15. The third-order valence-electron chi connectivity index (χ3n) is 3.72. The molecule has 0 bridgehead atoms. The van der Waals surface area contributed by atoms with Gasteiger partial charge in [-0.05, 0) is 43.5 Å². The predicted octanol–water partition coefficient (Wildman–Crippen LogP) is 3.28. The van der Waals surface area contributed by atoms with Crippen molar-refractivity contribution in [2.24, 2.45) is 5.84 Å². The molecule has 0 saturated heterocycles. The number of benzene rings is 1. The Bertz CT molecular complexity index is 606. The number of hydrogen-bond donors (Lipinski definition) is 2. The molecule has 1 atom stereocenters. The largest absolute Gasteiger partial charge is 0.271 e. The van der Waals surface area contributed by atoms with Gasteiger partial charge in [0.1, 0.15) is 0 Å². The van der Waals surface area contributed by atoms with Crippen LogP contribution >= 0.6 is 15.9 Å². The van der Waals surface area contributed by atoms with E-state index in [0.29, 0.717) is 0 Å². The van der Waals surface area contributed by atoms with E-state index in [-0.39, 0.29) is 6.04 Å². The lowest BCUT2D eigenvalue weighted by molar-refractivity contribution is 0.515. The van der Waals surface area contributed by atoms with E-state index >= 15 is 0 Å². The van der Waals surface area contributed by atoms with E-state index in [1.807, 2.05) is 0 Å². The molecule has 0 aliphatic heterocycles. The molecular formula is C16H23BrN4. The zero-order valence-corrected chi connectivity index (χ0v) is 14.4. The van der Waals surface area contributed by atoms with Crippen molar-refractivity contribution in [3.63, 3.8) is 0 Å². The van der Waals surface area contributed by atoms with Crippen molar-refractivity contribution in [3.05, 3.63) is 51.3 Å². The van der Waals surface area contributed by atoms with Gasteiger partial charge in [-0.1, -0.05) is 35.0 Å². The Morgan fingerprint density at radius 3 is 2.67 bits per heavy atom. The first-order chi connectivity index (χ1) is 10.1. The standard InChI is InChI=1S/C16H23BrN4/c1-4-12-9-13(21(5-2)20-12)10-16(19-18)14-7-6-11(3)8-15(14)17/h6-9,16,19H,4-5,10,18H2,1-3H3. The number of nitrogens with one attached hydrogen (secondary N) is 1. The Kier molecular flexibility index (Phi) is 5.56. The van der Waals surface area contributed by atoms with Crippen molar-refractivity contribution < 1.29 is 0 Å². The molecule has 5 heteroatoms. The topological polar surface area (TPSA) is 55.9 Å². The SMILES string of the molecule is CCc1cc(CC(NN)c2ccc(C)cc2Br)n(CC)n1. The molecule has 3 N–H and O–H groups in total. The third kappa shape index (κ3) is 3.73. The quantitative estimate of drug-likeness (QED) is 0.620. The molecule has 2 aromatic rings. The molecule has 0 spiro atoms. The maximum atomic E-state index is 5.79. The average molecular weight is 351 g/mol. The van der Waals surface area contributed by atoms with Crippen LogP contribution in [-0.2, 0) is 19.4 Å². The summed E-state index contributed by atoms with van der Waals surface area (Å²) >= 11 is 3.64. The van der Waals surface area contributed by atoms with Crippen LogP contribution in [0.1, 0.15) is 42.4 Å². The lowest BCUT2D eigenvalue weighted by atomic mass is 10.0. The fraction of sp³-hybridized carbons (Fsp3) is 0.438. The summed E-state index contributed by atoms with van der Waals surface area (Å²) in [7, 11) is 0. The monoisotopic (exact) mass is 350 g/mol. The molecule has 0 radical (unpaired) electrons. The Morgan fingerprint density at radius 1 is 1.33 bits per heavy atom. The number of rotatable bonds is 6. The molecule has 0 aliphatic carbocycles. The highest BCUT2D eigenvalue weighted by Gasteiger charge is 2.17. The highest BCUT2D eigenvalue weighted by molar-refractivity contribution is 9.10. The van der Waals surface area contributed by atoms with Crippen LogP contribution in [0, 0.1) is 6.92 Å². The lowest BCUT2D eigenvalue weighted by Crippen LogP contribution is -2.30. The number of hydrogen-bond acceptors (Lipinski definition) is 3. The normalized spacial score (nSPS) is 12.6. The van der Waals surface area contributed by atoms with Gasteiger partial charge in [-0.3, -0.25) is 16.0 Å². The molecule has 0 aliphatic rings. The van der Waals surface area contributed by atoms with Crippen LogP contribution in [0.15, 0.2) is 28.7 Å². The summed E-state index contributed by atoms with van der Waals surface area (Å²) in [5.41, 5.74) is 7.68. The fourth-order valence-electron chi connectivity index (χ4n) is 2.51. The minimum atomic E-state index is 0.0617. The molecule has 4 nitrogen and oxygen atoms in total. The maximum Gasteiger partial charge on any atom is 0.0624 e. The molecular weight excluding hydrogens is 328 g/mol. The van der Waals surface area contributed by atoms with Crippen molar-refractivity contribution >= 4 is 15.9 Å². The van der Waals surface area contributed by atoms with Crippen LogP contribution in [0.5, 0.6) is 0 Å². The van der Waals surface area contributed by atoms with Gasteiger partial charge >= 0.3 is 0 Å². The minimum absolute atomic E-state index is 0.0617. The van der Waals surface area contributed by atoms with Crippen molar-refractivity contribution in [2.75, 3.05) is 0 Å². The van der Waals surface area contributed by atoms with Gasteiger partial charge in [0.15, 0.2) is 0 Å². The molecule has 0 fully saturated rings. The highest BCUT2D eigenvalue weighted by atomic mass is 79.9. The smallest absolute Gasteiger partial charge is 0.0624 e. The Hall–Kier alpha value is -1.17. The maximum absolute atomic E-state index is 5.79. The summed E-state index contributed by atoms with van der Waals surface area (Å²) in [4.78, 5) is 0.